The topological polar surface area (TPSA) is 6.48 Å². The first-order chi connectivity index (χ1) is 9.22. The lowest BCUT2D eigenvalue weighted by Crippen LogP contribution is -2.31. The lowest BCUT2D eigenvalue weighted by Gasteiger charge is -2.24. The first-order valence-corrected chi connectivity index (χ1v) is 8.30. The van der Waals surface area contributed by atoms with Crippen LogP contribution < -0.4 is 0 Å². The molecule has 0 aromatic heterocycles. The first-order valence-electron chi connectivity index (χ1n) is 7.31. The molecule has 0 saturated carbocycles. The van der Waals surface area contributed by atoms with Crippen LogP contribution in [0.2, 0.25) is 0 Å². The highest BCUT2D eigenvalue weighted by Crippen LogP contribution is 2.39. The summed E-state index contributed by atoms with van der Waals surface area (Å²) in [5.41, 5.74) is 1.57. The van der Waals surface area contributed by atoms with Gasteiger partial charge in [0.25, 0.3) is 0 Å². The Morgan fingerprint density at radius 2 is 2.16 bits per heavy atom. The molecule has 19 heavy (non-hydrogen) atoms. The Balaban J connectivity index is 1.54. The van der Waals surface area contributed by atoms with Crippen molar-refractivity contribution in [3.63, 3.8) is 0 Å². The van der Waals surface area contributed by atoms with Gasteiger partial charge in [0.2, 0.25) is 0 Å². The minimum Gasteiger partial charge on any atom is -0.306 e. The van der Waals surface area contributed by atoms with Crippen molar-refractivity contribution in [2.75, 3.05) is 46.0 Å². The Bertz CT molecular complexity index is 435. The van der Waals surface area contributed by atoms with Crippen molar-refractivity contribution in [3.8, 4) is 0 Å². The van der Waals surface area contributed by atoms with E-state index in [-0.39, 0.29) is 0 Å². The molecule has 2 aliphatic rings. The molecule has 0 bridgehead atoms. The van der Waals surface area contributed by atoms with Crippen molar-refractivity contribution >= 4 is 11.8 Å². The SMILES string of the molecule is CN1CCC(CN(C)CC2CSc3ccccc32)C1. The number of thioether (sulfide) groups is 1. The van der Waals surface area contributed by atoms with Gasteiger partial charge in [-0.2, -0.15) is 0 Å². The molecule has 3 heteroatoms. The summed E-state index contributed by atoms with van der Waals surface area (Å²) in [5.74, 6) is 2.86. The summed E-state index contributed by atoms with van der Waals surface area (Å²) in [6.45, 7) is 5.03. The minimum atomic E-state index is 0.727. The molecular formula is C16H24N2S. The first kappa shape index (κ1) is 13.5. The molecule has 0 amide bonds. The van der Waals surface area contributed by atoms with Gasteiger partial charge >= 0.3 is 0 Å². The summed E-state index contributed by atoms with van der Waals surface area (Å²) in [4.78, 5) is 6.51. The van der Waals surface area contributed by atoms with Crippen LogP contribution in [0.3, 0.4) is 0 Å². The Hall–Kier alpha value is -0.510. The second-order valence-electron chi connectivity index (χ2n) is 6.18. The van der Waals surface area contributed by atoms with E-state index in [2.05, 4.69) is 48.2 Å². The molecule has 3 rings (SSSR count). The van der Waals surface area contributed by atoms with Crippen LogP contribution in [0, 0.1) is 5.92 Å². The van der Waals surface area contributed by atoms with Gasteiger partial charge in [-0.05, 0) is 44.6 Å². The molecule has 0 aliphatic carbocycles. The summed E-state index contributed by atoms with van der Waals surface area (Å²) in [6, 6.07) is 8.93. The molecule has 1 fully saturated rings. The van der Waals surface area contributed by atoms with Crippen molar-refractivity contribution in [2.45, 2.75) is 17.2 Å². The lowest BCUT2D eigenvalue weighted by atomic mass is 10.00. The fourth-order valence-corrected chi connectivity index (χ4v) is 4.69. The normalized spacial score (nSPS) is 27.1. The molecule has 0 N–H and O–H groups in total. The van der Waals surface area contributed by atoms with Gasteiger partial charge in [0.15, 0.2) is 0 Å². The van der Waals surface area contributed by atoms with Gasteiger partial charge < -0.3 is 9.80 Å². The molecule has 2 aliphatic heterocycles. The number of rotatable bonds is 4. The van der Waals surface area contributed by atoms with Crippen LogP contribution in [0.4, 0.5) is 0 Å². The van der Waals surface area contributed by atoms with Crippen LogP contribution >= 0.6 is 11.8 Å². The molecule has 2 nitrogen and oxygen atoms in total. The van der Waals surface area contributed by atoms with E-state index in [0.717, 1.165) is 11.8 Å². The second kappa shape index (κ2) is 5.86. The monoisotopic (exact) mass is 276 g/mol. The smallest absolute Gasteiger partial charge is 0.0108 e. The standard InChI is InChI=1S/C16H24N2S/c1-17-8-7-13(9-17)10-18(2)11-14-12-19-16-6-4-3-5-15(14)16/h3-6,13-14H,7-12H2,1-2H3. The Morgan fingerprint density at radius 1 is 1.32 bits per heavy atom. The summed E-state index contributed by atoms with van der Waals surface area (Å²) in [6.07, 6.45) is 1.37. The average molecular weight is 276 g/mol. The zero-order valence-corrected chi connectivity index (χ0v) is 12.8. The van der Waals surface area contributed by atoms with Gasteiger partial charge in [0, 0.05) is 36.2 Å². The van der Waals surface area contributed by atoms with Crippen molar-refractivity contribution in [3.05, 3.63) is 29.8 Å². The number of hydrogen-bond acceptors (Lipinski definition) is 3. The van der Waals surface area contributed by atoms with E-state index < -0.39 is 0 Å². The molecule has 2 heterocycles. The number of likely N-dealkylation sites (N-methyl/N-ethyl adjacent to an activating group) is 1. The number of benzene rings is 1. The van der Waals surface area contributed by atoms with E-state index >= 15 is 0 Å². The third kappa shape index (κ3) is 3.15. The van der Waals surface area contributed by atoms with E-state index in [1.54, 1.807) is 5.56 Å². The van der Waals surface area contributed by atoms with Gasteiger partial charge in [-0.1, -0.05) is 18.2 Å². The van der Waals surface area contributed by atoms with Crippen LogP contribution in [-0.2, 0) is 0 Å². The highest BCUT2D eigenvalue weighted by Gasteiger charge is 2.26. The van der Waals surface area contributed by atoms with Crippen LogP contribution in [0.5, 0.6) is 0 Å². The maximum absolute atomic E-state index is 2.55. The molecule has 104 valence electrons. The maximum Gasteiger partial charge on any atom is 0.0108 e. The van der Waals surface area contributed by atoms with Crippen LogP contribution in [0.1, 0.15) is 17.9 Å². The number of hydrogen-bond donors (Lipinski definition) is 0. The third-order valence-corrected chi connectivity index (χ3v) is 5.64. The predicted octanol–water partition coefficient (Wildman–Crippen LogP) is 2.76. The van der Waals surface area contributed by atoms with Gasteiger partial charge in [0.1, 0.15) is 0 Å². The maximum atomic E-state index is 2.55. The summed E-state index contributed by atoms with van der Waals surface area (Å²) >= 11 is 2.03. The van der Waals surface area contributed by atoms with Gasteiger partial charge in [0.05, 0.1) is 0 Å². The number of likely N-dealkylation sites (tertiary alicyclic amines) is 1. The average Bonchev–Trinajstić information content (AvgIpc) is 2.97. The van der Waals surface area contributed by atoms with Gasteiger partial charge in [-0.3, -0.25) is 0 Å². The molecule has 0 spiro atoms. The largest absolute Gasteiger partial charge is 0.306 e. The molecule has 2 unspecified atom stereocenters. The number of fused-ring (bicyclic) bond motifs is 1. The van der Waals surface area contributed by atoms with Gasteiger partial charge in [-0.25, -0.2) is 0 Å². The highest BCUT2D eigenvalue weighted by molar-refractivity contribution is 7.99. The van der Waals surface area contributed by atoms with Gasteiger partial charge in [-0.15, -0.1) is 11.8 Å². The zero-order chi connectivity index (χ0) is 13.2. The van der Waals surface area contributed by atoms with Crippen LogP contribution in [0.25, 0.3) is 0 Å². The summed E-state index contributed by atoms with van der Waals surface area (Å²) in [5, 5.41) is 0. The predicted molar refractivity (Wildman–Crippen MR) is 83.0 cm³/mol. The quantitative estimate of drug-likeness (QED) is 0.835. The molecule has 1 saturated heterocycles. The minimum absolute atomic E-state index is 0.727. The summed E-state index contributed by atoms with van der Waals surface area (Å²) in [7, 11) is 4.54. The molecule has 0 radical (unpaired) electrons. The van der Waals surface area contributed by atoms with E-state index in [0.29, 0.717) is 0 Å². The van der Waals surface area contributed by atoms with Crippen molar-refractivity contribution < 1.29 is 0 Å². The highest BCUT2D eigenvalue weighted by atomic mass is 32.2. The molecule has 1 aromatic carbocycles. The van der Waals surface area contributed by atoms with Crippen molar-refractivity contribution in [1.29, 1.82) is 0 Å². The van der Waals surface area contributed by atoms with Crippen molar-refractivity contribution in [1.82, 2.24) is 9.80 Å². The lowest BCUT2D eigenvalue weighted by molar-refractivity contribution is 0.264. The summed E-state index contributed by atoms with van der Waals surface area (Å²) < 4.78 is 0. The number of nitrogens with zero attached hydrogens (tertiary/aromatic N) is 2. The van der Waals surface area contributed by atoms with E-state index in [1.807, 2.05) is 11.8 Å². The third-order valence-electron chi connectivity index (χ3n) is 4.39. The second-order valence-corrected chi connectivity index (χ2v) is 7.25. The van der Waals surface area contributed by atoms with E-state index in [4.69, 9.17) is 0 Å². The molecule has 1 aromatic rings. The van der Waals surface area contributed by atoms with Crippen LogP contribution in [-0.4, -0.2) is 55.8 Å². The fraction of sp³-hybridized carbons (Fsp3) is 0.625. The Labute approximate surface area is 121 Å². The fourth-order valence-electron chi connectivity index (χ4n) is 3.45. The van der Waals surface area contributed by atoms with E-state index in [1.165, 1.54) is 43.2 Å². The zero-order valence-electron chi connectivity index (χ0n) is 12.0. The Morgan fingerprint density at radius 3 is 2.95 bits per heavy atom. The Kier molecular flexibility index (Phi) is 4.15. The van der Waals surface area contributed by atoms with Crippen molar-refractivity contribution in [2.24, 2.45) is 5.92 Å². The molecule has 2 atom stereocenters. The van der Waals surface area contributed by atoms with E-state index in [9.17, 15) is 0 Å². The van der Waals surface area contributed by atoms with Crippen LogP contribution in [0.15, 0.2) is 29.2 Å². The molecular weight excluding hydrogens is 252 g/mol.